The Bertz CT molecular complexity index is 492. The Morgan fingerprint density at radius 2 is 2.37 bits per heavy atom. The largest absolute Gasteiger partial charge is 0.385 e. The molecule has 1 aromatic rings. The van der Waals surface area contributed by atoms with Crippen LogP contribution in [-0.4, -0.2) is 18.5 Å². The molecule has 1 aromatic carbocycles. The number of para-hydroxylation sites is 1. The fourth-order valence-electron chi connectivity index (χ4n) is 2.45. The highest BCUT2D eigenvalue weighted by molar-refractivity contribution is 5.86. The molecule has 1 amide bonds. The molecule has 1 aliphatic heterocycles. The Balaban J connectivity index is 2.11. The number of carbonyl (C=O) groups excluding carboxylic acids is 1. The molecule has 0 aliphatic carbocycles. The van der Waals surface area contributed by atoms with Gasteiger partial charge in [-0.3, -0.25) is 4.79 Å². The van der Waals surface area contributed by atoms with E-state index >= 15 is 0 Å². The van der Waals surface area contributed by atoms with Crippen molar-refractivity contribution < 1.29 is 4.79 Å². The van der Waals surface area contributed by atoms with Crippen LogP contribution in [-0.2, 0) is 4.79 Å². The number of carbonyl (C=O) groups is 1. The fourth-order valence-corrected chi connectivity index (χ4v) is 2.45. The number of benzene rings is 1. The van der Waals surface area contributed by atoms with Crippen LogP contribution >= 0.6 is 0 Å². The predicted molar refractivity (Wildman–Crippen MR) is 74.7 cm³/mol. The highest BCUT2D eigenvalue weighted by Gasteiger charge is 2.27. The molecule has 0 radical (unpaired) electrons. The number of nitriles is 1. The van der Waals surface area contributed by atoms with Gasteiger partial charge in [0.1, 0.15) is 0 Å². The van der Waals surface area contributed by atoms with E-state index in [1.165, 1.54) is 0 Å². The predicted octanol–water partition coefficient (Wildman–Crippen LogP) is 2.39. The summed E-state index contributed by atoms with van der Waals surface area (Å²) in [6.07, 6.45) is 1.95. The van der Waals surface area contributed by atoms with Crippen LogP contribution in [0.5, 0.6) is 0 Å². The number of hydrogen-bond acceptors (Lipinski definition) is 3. The average Bonchev–Trinajstić information content (AvgIpc) is 2.46. The molecule has 0 saturated heterocycles. The van der Waals surface area contributed by atoms with Crippen molar-refractivity contribution >= 4 is 11.6 Å². The third-order valence-corrected chi connectivity index (χ3v) is 3.58. The zero-order chi connectivity index (χ0) is 13.7. The lowest BCUT2D eigenvalue weighted by atomic mass is 9.90. The molecular weight excluding hydrogens is 238 g/mol. The third-order valence-electron chi connectivity index (χ3n) is 3.58. The smallest absolute Gasteiger partial charge is 0.227 e. The summed E-state index contributed by atoms with van der Waals surface area (Å²) in [5, 5.41) is 15.0. The molecule has 2 atom stereocenters. The van der Waals surface area contributed by atoms with Gasteiger partial charge < -0.3 is 10.6 Å². The van der Waals surface area contributed by atoms with Crippen molar-refractivity contribution in [3.8, 4) is 6.07 Å². The molecule has 1 heterocycles. The second kappa shape index (κ2) is 6.24. The van der Waals surface area contributed by atoms with E-state index < -0.39 is 0 Å². The molecule has 100 valence electrons. The van der Waals surface area contributed by atoms with E-state index in [2.05, 4.69) is 16.7 Å². The Kier molecular flexibility index (Phi) is 4.40. The van der Waals surface area contributed by atoms with E-state index in [1.54, 1.807) is 0 Å². The minimum absolute atomic E-state index is 0.0380. The van der Waals surface area contributed by atoms with Crippen LogP contribution in [0, 0.1) is 11.3 Å². The highest BCUT2D eigenvalue weighted by atomic mass is 16.1. The number of anilines is 1. The van der Waals surface area contributed by atoms with Crippen LogP contribution in [0.1, 0.15) is 37.7 Å². The van der Waals surface area contributed by atoms with Gasteiger partial charge in [-0.05, 0) is 24.5 Å². The van der Waals surface area contributed by atoms with Crippen LogP contribution < -0.4 is 10.6 Å². The molecule has 1 aliphatic rings. The van der Waals surface area contributed by atoms with Gasteiger partial charge in [0.25, 0.3) is 0 Å². The van der Waals surface area contributed by atoms with Gasteiger partial charge in [0.2, 0.25) is 5.91 Å². The molecule has 2 rings (SSSR count). The number of nitrogens with one attached hydrogen (secondary N) is 2. The summed E-state index contributed by atoms with van der Waals surface area (Å²) in [6.45, 7) is 2.79. The van der Waals surface area contributed by atoms with E-state index in [0.717, 1.165) is 30.6 Å². The first-order chi connectivity index (χ1) is 9.26. The van der Waals surface area contributed by atoms with Gasteiger partial charge in [0.15, 0.2) is 0 Å². The first-order valence-electron chi connectivity index (χ1n) is 6.76. The second-order valence-corrected chi connectivity index (χ2v) is 4.83. The molecule has 2 unspecified atom stereocenters. The van der Waals surface area contributed by atoms with Crippen molar-refractivity contribution in [1.29, 1.82) is 5.26 Å². The van der Waals surface area contributed by atoms with Crippen molar-refractivity contribution in [1.82, 2.24) is 5.32 Å². The maximum Gasteiger partial charge on any atom is 0.227 e. The summed E-state index contributed by atoms with van der Waals surface area (Å²) in [6, 6.07) is 10.0. The van der Waals surface area contributed by atoms with Crippen LogP contribution in [0.2, 0.25) is 0 Å². The van der Waals surface area contributed by atoms with Gasteiger partial charge >= 0.3 is 0 Å². The molecule has 2 N–H and O–H groups in total. The molecule has 0 bridgehead atoms. The van der Waals surface area contributed by atoms with Crippen molar-refractivity contribution in [2.45, 2.75) is 38.1 Å². The normalized spacial score (nSPS) is 18.6. The topological polar surface area (TPSA) is 64.9 Å². The van der Waals surface area contributed by atoms with E-state index in [-0.39, 0.29) is 17.9 Å². The first-order valence-corrected chi connectivity index (χ1v) is 6.76. The Morgan fingerprint density at radius 1 is 1.58 bits per heavy atom. The lowest BCUT2D eigenvalue weighted by molar-refractivity contribution is -0.123. The van der Waals surface area contributed by atoms with E-state index in [1.807, 2.05) is 31.2 Å². The van der Waals surface area contributed by atoms with Gasteiger partial charge in [-0.25, -0.2) is 0 Å². The number of nitrogens with zero attached hydrogens (tertiary/aromatic N) is 1. The Hall–Kier alpha value is -2.02. The van der Waals surface area contributed by atoms with Crippen molar-refractivity contribution in [2.24, 2.45) is 0 Å². The van der Waals surface area contributed by atoms with E-state index in [9.17, 15) is 4.79 Å². The zero-order valence-electron chi connectivity index (χ0n) is 11.1. The molecule has 0 spiro atoms. The second-order valence-electron chi connectivity index (χ2n) is 4.83. The summed E-state index contributed by atoms with van der Waals surface area (Å²) in [4.78, 5) is 12.4. The van der Waals surface area contributed by atoms with Crippen LogP contribution in [0.3, 0.4) is 0 Å². The third kappa shape index (κ3) is 3.05. The number of fused-ring (bicyclic) bond motifs is 1. The van der Waals surface area contributed by atoms with Gasteiger partial charge in [0.05, 0.1) is 18.4 Å². The summed E-state index contributed by atoms with van der Waals surface area (Å²) in [5.74, 6) is -0.0683. The summed E-state index contributed by atoms with van der Waals surface area (Å²) < 4.78 is 0. The van der Waals surface area contributed by atoms with Crippen molar-refractivity contribution in [3.05, 3.63) is 29.8 Å². The molecule has 4 heteroatoms. The number of amides is 1. The minimum Gasteiger partial charge on any atom is -0.385 e. The van der Waals surface area contributed by atoms with Gasteiger partial charge in [0, 0.05) is 18.3 Å². The maximum atomic E-state index is 12.4. The molecule has 0 aromatic heterocycles. The summed E-state index contributed by atoms with van der Waals surface area (Å²) in [5.41, 5.74) is 2.10. The van der Waals surface area contributed by atoms with Crippen molar-refractivity contribution in [2.75, 3.05) is 11.9 Å². The van der Waals surface area contributed by atoms with Crippen LogP contribution in [0.25, 0.3) is 0 Å². The monoisotopic (exact) mass is 257 g/mol. The summed E-state index contributed by atoms with van der Waals surface area (Å²) >= 11 is 0. The van der Waals surface area contributed by atoms with Crippen LogP contribution in [0.15, 0.2) is 24.3 Å². The first kappa shape index (κ1) is 13.4. The fraction of sp³-hybridized carbons (Fsp3) is 0.467. The molecule has 19 heavy (non-hydrogen) atoms. The maximum absolute atomic E-state index is 12.4. The standard InChI is InChI=1S/C15H19N3O/c1-2-11(7-9-16)18-15(19)13-8-10-17-14-6-4-3-5-12(13)14/h3-6,11,13,17H,2,7-8,10H2,1H3,(H,18,19). The zero-order valence-corrected chi connectivity index (χ0v) is 11.1. The summed E-state index contributed by atoms with van der Waals surface area (Å²) in [7, 11) is 0. The number of rotatable bonds is 4. The minimum atomic E-state index is -0.106. The van der Waals surface area contributed by atoms with Gasteiger partial charge in [-0.1, -0.05) is 25.1 Å². The Morgan fingerprint density at radius 3 is 3.11 bits per heavy atom. The molecule has 0 saturated carbocycles. The van der Waals surface area contributed by atoms with E-state index in [0.29, 0.717) is 6.42 Å². The van der Waals surface area contributed by atoms with Gasteiger partial charge in [-0.2, -0.15) is 5.26 Å². The molecule has 0 fully saturated rings. The molecular formula is C15H19N3O. The van der Waals surface area contributed by atoms with Gasteiger partial charge in [-0.15, -0.1) is 0 Å². The molecule has 4 nitrogen and oxygen atoms in total. The lowest BCUT2D eigenvalue weighted by Crippen LogP contribution is -2.39. The average molecular weight is 257 g/mol. The SMILES string of the molecule is CCC(CC#N)NC(=O)C1CCNc2ccccc21. The van der Waals surface area contributed by atoms with Crippen LogP contribution in [0.4, 0.5) is 5.69 Å². The Labute approximate surface area is 113 Å². The highest BCUT2D eigenvalue weighted by Crippen LogP contribution is 2.31. The number of hydrogen-bond donors (Lipinski definition) is 2. The quantitative estimate of drug-likeness (QED) is 0.870. The lowest BCUT2D eigenvalue weighted by Gasteiger charge is -2.27. The van der Waals surface area contributed by atoms with E-state index in [4.69, 9.17) is 5.26 Å². The van der Waals surface area contributed by atoms with Crippen molar-refractivity contribution in [3.63, 3.8) is 0 Å².